The predicted molar refractivity (Wildman–Crippen MR) is 69.5 cm³/mol. The number of rotatable bonds is 2. The Hall–Kier alpha value is -1.78. The lowest BCUT2D eigenvalue weighted by Gasteiger charge is -2.04. The van der Waals surface area contributed by atoms with Crippen molar-refractivity contribution in [2.24, 2.45) is 0 Å². The number of carbonyl (C=O) groups is 1. The summed E-state index contributed by atoms with van der Waals surface area (Å²) in [4.78, 5) is 24.5. The Labute approximate surface area is 112 Å². The normalized spacial score (nSPS) is 10.3. The van der Waals surface area contributed by atoms with Crippen LogP contribution in [0.3, 0.4) is 0 Å². The molecule has 2 N–H and O–H groups in total. The molecule has 0 aliphatic rings. The second-order valence-electron chi connectivity index (χ2n) is 3.59. The van der Waals surface area contributed by atoms with Crippen molar-refractivity contribution in [3.8, 4) is 11.1 Å². The number of halogens is 2. The molecule has 0 aliphatic heterocycles. The van der Waals surface area contributed by atoms with Gasteiger partial charge in [-0.25, -0.2) is 4.79 Å². The number of aromatic amines is 1. The topological polar surface area (TPSA) is 70.2 Å². The third-order valence-electron chi connectivity index (χ3n) is 2.33. The molecule has 2 aromatic rings. The molecule has 0 radical (unpaired) electrons. The fourth-order valence-corrected chi connectivity index (χ4v) is 2.06. The van der Waals surface area contributed by atoms with Gasteiger partial charge in [-0.05, 0) is 35.4 Å². The number of nitrogens with one attached hydrogen (secondary N) is 1. The minimum atomic E-state index is -1.29. The molecule has 2 rings (SSSR count). The Balaban J connectivity index is 2.61. The van der Waals surface area contributed by atoms with Gasteiger partial charge < -0.3 is 10.1 Å². The van der Waals surface area contributed by atoms with E-state index in [1.807, 2.05) is 0 Å². The number of pyridine rings is 1. The highest BCUT2D eigenvalue weighted by Crippen LogP contribution is 2.26. The summed E-state index contributed by atoms with van der Waals surface area (Å²) < 4.78 is 0. The van der Waals surface area contributed by atoms with E-state index in [2.05, 4.69) is 4.98 Å². The van der Waals surface area contributed by atoms with E-state index in [1.165, 1.54) is 12.3 Å². The fraction of sp³-hybridized carbons (Fsp3) is 0. The predicted octanol–water partition coefficient (Wildman–Crippen LogP) is 3.05. The van der Waals surface area contributed by atoms with Crippen molar-refractivity contribution >= 4 is 29.2 Å². The number of benzene rings is 1. The van der Waals surface area contributed by atoms with Gasteiger partial charge in [-0.2, -0.15) is 0 Å². The van der Waals surface area contributed by atoms with E-state index in [-0.39, 0.29) is 5.56 Å². The molecule has 0 saturated heterocycles. The molecular weight excluding hydrogens is 277 g/mol. The van der Waals surface area contributed by atoms with Crippen molar-refractivity contribution in [3.05, 3.63) is 56.4 Å². The zero-order valence-electron chi connectivity index (χ0n) is 8.91. The largest absolute Gasteiger partial charge is 0.477 e. The van der Waals surface area contributed by atoms with Gasteiger partial charge in [-0.3, -0.25) is 4.79 Å². The van der Waals surface area contributed by atoms with Crippen LogP contribution < -0.4 is 5.56 Å². The molecular formula is C12H7Cl2NO3. The van der Waals surface area contributed by atoms with E-state index in [9.17, 15) is 9.59 Å². The highest BCUT2D eigenvalue weighted by atomic mass is 35.5. The average molecular weight is 284 g/mol. The first-order chi connectivity index (χ1) is 8.47. The molecule has 0 atom stereocenters. The third-order valence-corrected chi connectivity index (χ3v) is 2.77. The van der Waals surface area contributed by atoms with Crippen molar-refractivity contribution < 1.29 is 9.90 Å². The Morgan fingerprint density at radius 3 is 2.22 bits per heavy atom. The van der Waals surface area contributed by atoms with Crippen LogP contribution >= 0.6 is 23.2 Å². The van der Waals surface area contributed by atoms with Crippen molar-refractivity contribution in [1.29, 1.82) is 0 Å². The molecule has 0 bridgehead atoms. The van der Waals surface area contributed by atoms with Crippen LogP contribution in [0.1, 0.15) is 10.4 Å². The van der Waals surface area contributed by atoms with Gasteiger partial charge in [0, 0.05) is 16.2 Å². The first-order valence-corrected chi connectivity index (χ1v) is 5.65. The SMILES string of the molecule is O=C(O)c1cc(-c2cc(Cl)cc(Cl)c2)c[nH]c1=O. The summed E-state index contributed by atoms with van der Waals surface area (Å²) in [7, 11) is 0. The molecule has 0 spiro atoms. The van der Waals surface area contributed by atoms with Gasteiger partial charge in [-0.1, -0.05) is 23.2 Å². The average Bonchev–Trinajstić information content (AvgIpc) is 2.27. The summed E-state index contributed by atoms with van der Waals surface area (Å²) in [6.07, 6.45) is 1.41. The lowest BCUT2D eigenvalue weighted by Crippen LogP contribution is -2.16. The monoisotopic (exact) mass is 283 g/mol. The second-order valence-corrected chi connectivity index (χ2v) is 4.47. The van der Waals surface area contributed by atoms with Gasteiger partial charge in [0.1, 0.15) is 5.56 Å². The minimum absolute atomic E-state index is 0.330. The number of hydrogen-bond acceptors (Lipinski definition) is 2. The number of carboxylic acid groups (broad SMARTS) is 1. The lowest BCUT2D eigenvalue weighted by atomic mass is 10.1. The van der Waals surface area contributed by atoms with Crippen LogP contribution in [0.15, 0.2) is 35.3 Å². The van der Waals surface area contributed by atoms with Crippen LogP contribution in [0.25, 0.3) is 11.1 Å². The van der Waals surface area contributed by atoms with Gasteiger partial charge in [-0.15, -0.1) is 0 Å². The lowest BCUT2D eigenvalue weighted by molar-refractivity contribution is 0.0695. The molecule has 6 heteroatoms. The number of carboxylic acids is 1. The van der Waals surface area contributed by atoms with Gasteiger partial charge in [0.2, 0.25) is 0 Å². The summed E-state index contributed by atoms with van der Waals surface area (Å²) in [6.45, 7) is 0. The molecule has 0 amide bonds. The van der Waals surface area contributed by atoms with Crippen LogP contribution in [-0.2, 0) is 0 Å². The number of aromatic carboxylic acids is 1. The standard InChI is InChI=1S/C12H7Cl2NO3/c13-8-1-6(2-9(14)4-8)7-3-10(12(17)18)11(16)15-5-7/h1-5H,(H,15,16)(H,17,18). The zero-order chi connectivity index (χ0) is 13.3. The quantitative estimate of drug-likeness (QED) is 0.890. The first-order valence-electron chi connectivity index (χ1n) is 4.90. The van der Waals surface area contributed by atoms with Crippen LogP contribution in [-0.4, -0.2) is 16.1 Å². The molecule has 92 valence electrons. The Morgan fingerprint density at radius 1 is 1.06 bits per heavy atom. The smallest absolute Gasteiger partial charge is 0.341 e. The Bertz CT molecular complexity index is 659. The van der Waals surface area contributed by atoms with Crippen molar-refractivity contribution in [1.82, 2.24) is 4.98 Å². The Kier molecular flexibility index (Phi) is 3.41. The van der Waals surface area contributed by atoms with E-state index in [1.54, 1.807) is 18.2 Å². The van der Waals surface area contributed by atoms with E-state index >= 15 is 0 Å². The highest BCUT2D eigenvalue weighted by molar-refractivity contribution is 6.35. The maximum Gasteiger partial charge on any atom is 0.341 e. The molecule has 1 heterocycles. The summed E-state index contributed by atoms with van der Waals surface area (Å²) in [5, 5.41) is 9.74. The molecule has 4 nitrogen and oxygen atoms in total. The summed E-state index contributed by atoms with van der Waals surface area (Å²) in [6, 6.07) is 6.11. The maximum atomic E-state index is 11.3. The second kappa shape index (κ2) is 4.84. The zero-order valence-corrected chi connectivity index (χ0v) is 10.4. The number of aromatic nitrogens is 1. The van der Waals surface area contributed by atoms with Gasteiger partial charge in [0.05, 0.1) is 0 Å². The van der Waals surface area contributed by atoms with Gasteiger partial charge in [0.15, 0.2) is 0 Å². The van der Waals surface area contributed by atoms with Crippen molar-refractivity contribution in [2.45, 2.75) is 0 Å². The van der Waals surface area contributed by atoms with Crippen LogP contribution in [0.4, 0.5) is 0 Å². The van der Waals surface area contributed by atoms with Crippen molar-refractivity contribution in [3.63, 3.8) is 0 Å². The molecule has 18 heavy (non-hydrogen) atoms. The van der Waals surface area contributed by atoms with Crippen LogP contribution in [0.2, 0.25) is 10.0 Å². The maximum absolute atomic E-state index is 11.3. The number of H-pyrrole nitrogens is 1. The first kappa shape index (κ1) is 12.7. The van der Waals surface area contributed by atoms with E-state index in [0.29, 0.717) is 21.2 Å². The summed E-state index contributed by atoms with van der Waals surface area (Å²) in [5.74, 6) is -1.29. The molecule has 0 unspecified atom stereocenters. The summed E-state index contributed by atoms with van der Waals surface area (Å²) >= 11 is 11.7. The molecule has 0 aliphatic carbocycles. The highest BCUT2D eigenvalue weighted by Gasteiger charge is 2.10. The van der Waals surface area contributed by atoms with Crippen LogP contribution in [0, 0.1) is 0 Å². The van der Waals surface area contributed by atoms with E-state index in [0.717, 1.165) is 0 Å². The van der Waals surface area contributed by atoms with Crippen molar-refractivity contribution in [2.75, 3.05) is 0 Å². The Morgan fingerprint density at radius 2 is 1.67 bits per heavy atom. The molecule has 0 saturated carbocycles. The van der Waals surface area contributed by atoms with Gasteiger partial charge in [0.25, 0.3) is 5.56 Å². The van der Waals surface area contributed by atoms with E-state index < -0.39 is 11.5 Å². The van der Waals surface area contributed by atoms with Crippen LogP contribution in [0.5, 0.6) is 0 Å². The molecule has 1 aromatic heterocycles. The van der Waals surface area contributed by atoms with Gasteiger partial charge >= 0.3 is 5.97 Å². The van der Waals surface area contributed by atoms with E-state index in [4.69, 9.17) is 28.3 Å². The molecule has 0 fully saturated rings. The number of hydrogen-bond donors (Lipinski definition) is 2. The molecule has 1 aromatic carbocycles. The third kappa shape index (κ3) is 2.55. The minimum Gasteiger partial charge on any atom is -0.477 e. The summed E-state index contributed by atoms with van der Waals surface area (Å²) in [5.41, 5.74) is 0.172. The fourth-order valence-electron chi connectivity index (χ4n) is 1.53.